The van der Waals surface area contributed by atoms with Crippen LogP contribution in [0.4, 0.5) is 5.95 Å². The van der Waals surface area contributed by atoms with Crippen molar-refractivity contribution in [1.29, 1.82) is 0 Å². The number of aryl methyl sites for hydroxylation is 1. The Labute approximate surface area is 124 Å². The van der Waals surface area contributed by atoms with Gasteiger partial charge in [-0.15, -0.1) is 0 Å². The molecule has 0 fully saturated rings. The van der Waals surface area contributed by atoms with Crippen LogP contribution in [0.3, 0.4) is 0 Å². The van der Waals surface area contributed by atoms with Crippen molar-refractivity contribution < 1.29 is 4.79 Å². The third-order valence-electron chi connectivity index (χ3n) is 3.36. The Balaban J connectivity index is 2.05. The number of carbonyl (C=O) groups is 1. The number of rotatable bonds is 2. The van der Waals surface area contributed by atoms with Gasteiger partial charge in [-0.3, -0.25) is 24.0 Å². The molecule has 1 aromatic carbocycles. The van der Waals surface area contributed by atoms with Crippen LogP contribution in [0.2, 0.25) is 0 Å². The molecular weight excluding hydrogens is 286 g/mol. The summed E-state index contributed by atoms with van der Waals surface area (Å²) in [5, 5.41) is 2.57. The number of carbonyl (C=O) groups excluding carboxylic acids is 1. The van der Waals surface area contributed by atoms with Crippen LogP contribution in [0.15, 0.2) is 39.9 Å². The molecule has 2 aromatic heterocycles. The van der Waals surface area contributed by atoms with Crippen LogP contribution in [0.5, 0.6) is 0 Å². The third-order valence-corrected chi connectivity index (χ3v) is 3.36. The molecule has 0 unspecified atom stereocenters. The number of fused-ring (bicyclic) bond motifs is 1. The number of imidazole rings is 1. The highest BCUT2D eigenvalue weighted by Crippen LogP contribution is 2.10. The van der Waals surface area contributed by atoms with E-state index in [4.69, 9.17) is 0 Å². The van der Waals surface area contributed by atoms with Crippen molar-refractivity contribution in [3.63, 3.8) is 0 Å². The number of nitrogens with zero attached hydrogens (tertiary/aromatic N) is 3. The molecule has 0 spiro atoms. The number of aromatic nitrogens is 4. The average molecular weight is 299 g/mol. The summed E-state index contributed by atoms with van der Waals surface area (Å²) in [6.07, 6.45) is 0. The first-order valence-electron chi connectivity index (χ1n) is 6.51. The Bertz CT molecular complexity index is 981. The molecule has 0 saturated carbocycles. The molecule has 0 saturated heterocycles. The van der Waals surface area contributed by atoms with Gasteiger partial charge < -0.3 is 4.98 Å². The number of hydrogen-bond donors (Lipinski definition) is 2. The lowest BCUT2D eigenvalue weighted by atomic mass is 10.2. The highest BCUT2D eigenvalue weighted by Gasteiger charge is 2.15. The molecule has 8 nitrogen and oxygen atoms in total. The number of benzene rings is 1. The molecule has 22 heavy (non-hydrogen) atoms. The molecule has 2 heterocycles. The molecule has 8 heteroatoms. The fourth-order valence-electron chi connectivity index (χ4n) is 2.15. The predicted molar refractivity (Wildman–Crippen MR) is 81.0 cm³/mol. The maximum absolute atomic E-state index is 12.1. The lowest BCUT2D eigenvalue weighted by Crippen LogP contribution is -2.36. The van der Waals surface area contributed by atoms with Gasteiger partial charge in [-0.1, -0.05) is 18.2 Å². The minimum absolute atomic E-state index is 0.113. The van der Waals surface area contributed by atoms with Crippen molar-refractivity contribution in [2.45, 2.75) is 0 Å². The molecule has 112 valence electrons. The molecule has 0 radical (unpaired) electrons. The first-order valence-corrected chi connectivity index (χ1v) is 6.51. The standard InChI is InChI=1S/C14H13N5O3/c1-18-10-9(12(21)19(2)14(18)22)15-13(16-10)17-11(20)8-6-4-3-5-7-8/h3-7H,1-2H3,(H2,15,16,17,20). The largest absolute Gasteiger partial charge is 0.332 e. The number of amides is 1. The van der Waals surface area contributed by atoms with Gasteiger partial charge in [0.25, 0.3) is 11.5 Å². The van der Waals surface area contributed by atoms with Crippen molar-refractivity contribution >= 4 is 23.0 Å². The van der Waals surface area contributed by atoms with Crippen LogP contribution in [-0.4, -0.2) is 25.0 Å². The van der Waals surface area contributed by atoms with E-state index in [9.17, 15) is 14.4 Å². The van der Waals surface area contributed by atoms with Crippen LogP contribution in [0, 0.1) is 0 Å². The van der Waals surface area contributed by atoms with E-state index < -0.39 is 11.2 Å². The summed E-state index contributed by atoms with van der Waals surface area (Å²) in [4.78, 5) is 42.8. The van der Waals surface area contributed by atoms with Gasteiger partial charge in [0, 0.05) is 19.7 Å². The summed E-state index contributed by atoms with van der Waals surface area (Å²) in [6, 6.07) is 8.61. The highest BCUT2D eigenvalue weighted by molar-refractivity contribution is 6.03. The van der Waals surface area contributed by atoms with Crippen LogP contribution in [0.25, 0.3) is 11.2 Å². The van der Waals surface area contributed by atoms with Gasteiger partial charge in [0.1, 0.15) is 0 Å². The van der Waals surface area contributed by atoms with Gasteiger partial charge >= 0.3 is 5.69 Å². The van der Waals surface area contributed by atoms with Crippen molar-refractivity contribution in [3.8, 4) is 0 Å². The second kappa shape index (κ2) is 4.99. The summed E-state index contributed by atoms with van der Waals surface area (Å²) in [5.41, 5.74) is -0.162. The molecule has 1 amide bonds. The number of hydrogen-bond acceptors (Lipinski definition) is 4. The summed E-state index contributed by atoms with van der Waals surface area (Å²) in [6.45, 7) is 0. The zero-order chi connectivity index (χ0) is 15.9. The van der Waals surface area contributed by atoms with Crippen molar-refractivity contribution in [2.75, 3.05) is 5.32 Å². The fraction of sp³-hybridized carbons (Fsp3) is 0.143. The normalized spacial score (nSPS) is 10.8. The molecule has 2 N–H and O–H groups in total. The van der Waals surface area contributed by atoms with Gasteiger partial charge in [0.15, 0.2) is 11.2 Å². The van der Waals surface area contributed by atoms with Crippen LogP contribution in [-0.2, 0) is 14.1 Å². The predicted octanol–water partition coefficient (Wildman–Crippen LogP) is 0.213. The van der Waals surface area contributed by atoms with E-state index in [1.807, 2.05) is 0 Å². The van der Waals surface area contributed by atoms with E-state index in [1.54, 1.807) is 30.3 Å². The molecule has 0 atom stereocenters. The first-order chi connectivity index (χ1) is 10.5. The highest BCUT2D eigenvalue weighted by atomic mass is 16.2. The second-order valence-electron chi connectivity index (χ2n) is 4.81. The lowest BCUT2D eigenvalue weighted by Gasteiger charge is -2.00. The monoisotopic (exact) mass is 299 g/mol. The second-order valence-corrected chi connectivity index (χ2v) is 4.81. The fourth-order valence-corrected chi connectivity index (χ4v) is 2.15. The Morgan fingerprint density at radius 2 is 1.82 bits per heavy atom. The molecule has 3 aromatic rings. The molecule has 3 rings (SSSR count). The van der Waals surface area contributed by atoms with Gasteiger partial charge in [0.2, 0.25) is 5.95 Å². The third kappa shape index (κ3) is 2.10. The number of nitrogens with one attached hydrogen (secondary N) is 2. The smallest absolute Gasteiger partial charge is 0.318 e. The van der Waals surface area contributed by atoms with Crippen molar-refractivity contribution in [1.82, 2.24) is 19.1 Å². The summed E-state index contributed by atoms with van der Waals surface area (Å²) in [7, 11) is 2.89. The summed E-state index contributed by atoms with van der Waals surface area (Å²) < 4.78 is 2.22. The number of aromatic amines is 1. The first kappa shape index (κ1) is 13.8. The van der Waals surface area contributed by atoms with Gasteiger partial charge in [0.05, 0.1) is 0 Å². The molecule has 0 aliphatic rings. The maximum atomic E-state index is 12.1. The number of anilines is 1. The van der Waals surface area contributed by atoms with Gasteiger partial charge in [-0.05, 0) is 12.1 Å². The van der Waals surface area contributed by atoms with E-state index in [0.717, 1.165) is 4.57 Å². The zero-order valence-corrected chi connectivity index (χ0v) is 12.0. The average Bonchev–Trinajstić information content (AvgIpc) is 2.95. The Hall–Kier alpha value is -3.16. The van der Waals surface area contributed by atoms with E-state index in [1.165, 1.54) is 18.7 Å². The summed E-state index contributed by atoms with van der Waals surface area (Å²) >= 11 is 0. The van der Waals surface area contributed by atoms with Crippen molar-refractivity contribution in [2.24, 2.45) is 14.1 Å². The zero-order valence-electron chi connectivity index (χ0n) is 12.0. The Morgan fingerprint density at radius 3 is 2.50 bits per heavy atom. The van der Waals surface area contributed by atoms with E-state index >= 15 is 0 Å². The summed E-state index contributed by atoms with van der Waals surface area (Å²) in [5.74, 6) is -0.247. The van der Waals surface area contributed by atoms with Gasteiger partial charge in [-0.25, -0.2) is 4.79 Å². The van der Waals surface area contributed by atoms with Crippen LogP contribution >= 0.6 is 0 Å². The topological polar surface area (TPSA) is 102 Å². The molecule has 0 bridgehead atoms. The quantitative estimate of drug-likeness (QED) is 0.706. The van der Waals surface area contributed by atoms with Crippen LogP contribution < -0.4 is 16.6 Å². The minimum atomic E-state index is -0.495. The van der Waals surface area contributed by atoms with E-state index in [0.29, 0.717) is 5.56 Å². The SMILES string of the molecule is Cn1c(=O)c2[nH]c(NC(=O)c3ccccc3)nc2n(C)c1=O. The Morgan fingerprint density at radius 1 is 1.14 bits per heavy atom. The van der Waals surface area contributed by atoms with Crippen molar-refractivity contribution in [3.05, 3.63) is 56.7 Å². The molecule has 0 aliphatic heterocycles. The minimum Gasteiger partial charge on any atom is -0.318 e. The Kier molecular flexibility index (Phi) is 3.13. The van der Waals surface area contributed by atoms with E-state index in [2.05, 4.69) is 15.3 Å². The number of H-pyrrole nitrogens is 1. The molecular formula is C14H13N5O3. The lowest BCUT2D eigenvalue weighted by molar-refractivity contribution is 0.102. The van der Waals surface area contributed by atoms with E-state index in [-0.39, 0.29) is 23.0 Å². The maximum Gasteiger partial charge on any atom is 0.332 e. The van der Waals surface area contributed by atoms with Crippen LogP contribution in [0.1, 0.15) is 10.4 Å². The van der Waals surface area contributed by atoms with Gasteiger partial charge in [-0.2, -0.15) is 4.98 Å². The molecule has 0 aliphatic carbocycles.